The van der Waals surface area contributed by atoms with Gasteiger partial charge < -0.3 is 10.2 Å². The van der Waals surface area contributed by atoms with E-state index in [0.717, 1.165) is 87.7 Å². The summed E-state index contributed by atoms with van der Waals surface area (Å²) in [6.45, 7) is 2.04. The van der Waals surface area contributed by atoms with Crippen molar-refractivity contribution < 1.29 is 19.2 Å². The SMILES string of the molecule is Cc1ccc(S(=O)CCCCC/C=C/C[C@H]2CC[C@H](O)[C@@H]2CCCCCCC(=O)O)cc1. The van der Waals surface area contributed by atoms with Crippen LogP contribution in [0.4, 0.5) is 0 Å². The zero-order chi connectivity index (χ0) is 23.2. The number of allylic oxidation sites excluding steroid dienone is 2. The molecule has 2 rings (SSSR count). The average Bonchev–Trinajstić information content (AvgIpc) is 3.12. The molecule has 1 aromatic carbocycles. The summed E-state index contributed by atoms with van der Waals surface area (Å²) in [7, 11) is -0.885. The molecule has 0 saturated heterocycles. The lowest BCUT2D eigenvalue weighted by atomic mass is 9.87. The molecule has 32 heavy (non-hydrogen) atoms. The zero-order valence-electron chi connectivity index (χ0n) is 19.7. The van der Waals surface area contributed by atoms with Crippen LogP contribution in [0, 0.1) is 18.8 Å². The van der Waals surface area contributed by atoms with Gasteiger partial charge in [0.05, 0.1) is 16.9 Å². The van der Waals surface area contributed by atoms with Crippen LogP contribution in [-0.2, 0) is 15.6 Å². The number of aryl methyl sites for hydroxylation is 1. The number of carbonyl (C=O) groups is 1. The Kier molecular flexibility index (Phi) is 12.9. The highest BCUT2D eigenvalue weighted by atomic mass is 32.2. The van der Waals surface area contributed by atoms with Crippen LogP contribution in [0.3, 0.4) is 0 Å². The van der Waals surface area contributed by atoms with Gasteiger partial charge in [0.2, 0.25) is 0 Å². The van der Waals surface area contributed by atoms with Crippen LogP contribution >= 0.6 is 0 Å². The molecule has 0 aliphatic heterocycles. The van der Waals surface area contributed by atoms with Gasteiger partial charge in [0.15, 0.2) is 0 Å². The lowest BCUT2D eigenvalue weighted by Gasteiger charge is -2.21. The Hall–Kier alpha value is -1.46. The zero-order valence-corrected chi connectivity index (χ0v) is 20.5. The third-order valence-corrected chi connectivity index (χ3v) is 8.16. The van der Waals surface area contributed by atoms with Gasteiger partial charge >= 0.3 is 5.97 Å². The van der Waals surface area contributed by atoms with E-state index in [9.17, 15) is 14.1 Å². The summed E-state index contributed by atoms with van der Waals surface area (Å²) in [5.74, 6) is 1.01. The topological polar surface area (TPSA) is 74.6 Å². The second kappa shape index (κ2) is 15.4. The second-order valence-corrected chi connectivity index (χ2v) is 10.9. The van der Waals surface area contributed by atoms with Crippen LogP contribution in [0.25, 0.3) is 0 Å². The van der Waals surface area contributed by atoms with Gasteiger partial charge in [-0.15, -0.1) is 0 Å². The standard InChI is InChI=1S/C27H42O4S/c1-22-15-18-24(19-16-22)32(31)21-11-7-3-2-4-8-12-23-17-20-26(28)25(23)13-9-5-6-10-14-27(29)30/h4,8,15-16,18-19,23,25-26,28H,2-3,5-7,9-14,17,20-21H2,1H3,(H,29,30)/b8-4+/t23-,25+,26-,32?/m0/s1. The fourth-order valence-corrected chi connectivity index (χ4v) is 5.87. The van der Waals surface area contributed by atoms with Gasteiger partial charge in [-0.3, -0.25) is 9.00 Å². The fraction of sp³-hybridized carbons (Fsp3) is 0.667. The van der Waals surface area contributed by atoms with Gasteiger partial charge in [-0.1, -0.05) is 55.5 Å². The lowest BCUT2D eigenvalue weighted by molar-refractivity contribution is -0.137. The molecule has 0 amide bonds. The van der Waals surface area contributed by atoms with Crippen molar-refractivity contribution in [3.05, 3.63) is 42.0 Å². The monoisotopic (exact) mass is 462 g/mol. The summed E-state index contributed by atoms with van der Waals surface area (Å²) < 4.78 is 12.3. The maximum Gasteiger partial charge on any atom is 0.303 e. The summed E-state index contributed by atoms with van der Waals surface area (Å²) in [5.41, 5.74) is 1.20. The van der Waals surface area contributed by atoms with E-state index in [1.54, 1.807) is 0 Å². The number of benzene rings is 1. The second-order valence-electron chi connectivity index (χ2n) is 9.33. The van der Waals surface area contributed by atoms with Crippen molar-refractivity contribution in [2.75, 3.05) is 5.75 Å². The molecule has 1 aliphatic rings. The molecule has 0 bridgehead atoms. The van der Waals surface area contributed by atoms with E-state index in [2.05, 4.69) is 12.2 Å². The third kappa shape index (κ3) is 10.4. The number of aliphatic hydroxyl groups is 1. The van der Waals surface area contributed by atoms with Crippen LogP contribution in [0.1, 0.15) is 89.0 Å². The van der Waals surface area contributed by atoms with E-state index in [-0.39, 0.29) is 12.5 Å². The molecule has 1 aromatic rings. The number of hydrogen-bond donors (Lipinski definition) is 2. The average molecular weight is 463 g/mol. The van der Waals surface area contributed by atoms with Gasteiger partial charge in [0.1, 0.15) is 0 Å². The Morgan fingerprint density at radius 2 is 1.72 bits per heavy atom. The van der Waals surface area contributed by atoms with Crippen LogP contribution in [0.2, 0.25) is 0 Å². The first-order chi connectivity index (χ1) is 15.5. The Morgan fingerprint density at radius 3 is 2.47 bits per heavy atom. The highest BCUT2D eigenvalue weighted by molar-refractivity contribution is 7.85. The summed E-state index contributed by atoms with van der Waals surface area (Å²) in [6, 6.07) is 7.99. The molecule has 0 radical (unpaired) electrons. The van der Waals surface area contributed by atoms with Crippen molar-refractivity contribution in [3.8, 4) is 0 Å². The highest BCUT2D eigenvalue weighted by Crippen LogP contribution is 2.38. The van der Waals surface area contributed by atoms with E-state index >= 15 is 0 Å². The van der Waals surface area contributed by atoms with Crippen molar-refractivity contribution in [2.24, 2.45) is 11.8 Å². The largest absolute Gasteiger partial charge is 0.481 e. The Morgan fingerprint density at radius 1 is 1.00 bits per heavy atom. The molecule has 1 fully saturated rings. The van der Waals surface area contributed by atoms with Crippen molar-refractivity contribution >= 4 is 16.8 Å². The third-order valence-electron chi connectivity index (χ3n) is 6.70. The van der Waals surface area contributed by atoms with Gasteiger partial charge in [0.25, 0.3) is 0 Å². The number of hydrogen-bond acceptors (Lipinski definition) is 3. The maximum atomic E-state index is 12.3. The summed E-state index contributed by atoms with van der Waals surface area (Å²) in [4.78, 5) is 11.5. The minimum absolute atomic E-state index is 0.165. The van der Waals surface area contributed by atoms with Crippen LogP contribution < -0.4 is 0 Å². The van der Waals surface area contributed by atoms with Crippen LogP contribution in [0.15, 0.2) is 41.3 Å². The van der Waals surface area contributed by atoms with E-state index in [1.165, 1.54) is 5.56 Å². The summed E-state index contributed by atoms with van der Waals surface area (Å²) in [5, 5.41) is 19.0. The van der Waals surface area contributed by atoms with Gasteiger partial charge in [-0.25, -0.2) is 0 Å². The maximum absolute atomic E-state index is 12.3. The molecule has 1 aliphatic carbocycles. The van der Waals surface area contributed by atoms with Gasteiger partial charge in [-0.05, 0) is 82.3 Å². The number of unbranched alkanes of at least 4 members (excludes halogenated alkanes) is 6. The van der Waals surface area contributed by atoms with E-state index in [0.29, 0.717) is 11.8 Å². The number of carboxylic acid groups (broad SMARTS) is 1. The van der Waals surface area contributed by atoms with Crippen molar-refractivity contribution in [1.82, 2.24) is 0 Å². The highest BCUT2D eigenvalue weighted by Gasteiger charge is 2.33. The molecular formula is C27H42O4S. The first-order valence-electron chi connectivity index (χ1n) is 12.5. The minimum Gasteiger partial charge on any atom is -0.481 e. The van der Waals surface area contributed by atoms with E-state index < -0.39 is 16.8 Å². The first-order valence-corrected chi connectivity index (χ1v) is 13.8. The number of carboxylic acids is 1. The molecule has 4 atom stereocenters. The molecule has 0 spiro atoms. The van der Waals surface area contributed by atoms with Crippen LogP contribution in [0.5, 0.6) is 0 Å². The molecule has 4 nitrogen and oxygen atoms in total. The smallest absolute Gasteiger partial charge is 0.303 e. The summed E-state index contributed by atoms with van der Waals surface area (Å²) >= 11 is 0. The molecule has 180 valence electrons. The summed E-state index contributed by atoms with van der Waals surface area (Å²) in [6.07, 6.45) is 17.0. The molecule has 1 saturated carbocycles. The lowest BCUT2D eigenvalue weighted by Crippen LogP contribution is -2.18. The van der Waals surface area contributed by atoms with Gasteiger partial charge in [-0.2, -0.15) is 0 Å². The molecule has 1 unspecified atom stereocenters. The van der Waals surface area contributed by atoms with Crippen molar-refractivity contribution in [1.29, 1.82) is 0 Å². The molecular weight excluding hydrogens is 420 g/mol. The minimum atomic E-state index is -0.885. The number of rotatable bonds is 16. The molecule has 5 heteroatoms. The molecule has 0 aromatic heterocycles. The van der Waals surface area contributed by atoms with E-state index in [1.807, 2.05) is 31.2 Å². The quantitative estimate of drug-likeness (QED) is 0.219. The number of aliphatic hydroxyl groups excluding tert-OH is 1. The predicted octanol–water partition coefficient (Wildman–Crippen LogP) is 6.42. The Bertz CT molecular complexity index is 713. The van der Waals surface area contributed by atoms with Crippen molar-refractivity contribution in [2.45, 2.75) is 101 Å². The van der Waals surface area contributed by atoms with E-state index in [4.69, 9.17) is 5.11 Å². The predicted molar refractivity (Wildman–Crippen MR) is 132 cm³/mol. The van der Waals surface area contributed by atoms with Crippen molar-refractivity contribution in [3.63, 3.8) is 0 Å². The Balaban J connectivity index is 1.54. The fourth-order valence-electron chi connectivity index (χ4n) is 4.73. The van der Waals surface area contributed by atoms with Gasteiger partial charge in [0, 0.05) is 17.1 Å². The molecule has 0 heterocycles. The van der Waals surface area contributed by atoms with Crippen LogP contribution in [-0.4, -0.2) is 32.2 Å². The Labute approximate surface area is 197 Å². The number of aliphatic carboxylic acids is 1. The first kappa shape index (κ1) is 26.8. The molecule has 2 N–H and O–H groups in total. The normalized spacial score (nSPS) is 21.9.